The van der Waals surface area contributed by atoms with Crippen LogP contribution >= 0.6 is 0 Å². The maximum atomic E-state index is 5.51. The van der Waals surface area contributed by atoms with Crippen molar-refractivity contribution in [1.29, 1.82) is 0 Å². The Hall–Kier alpha value is -2.38. The highest BCUT2D eigenvalue weighted by Crippen LogP contribution is 2.17. The number of nitrogens with one attached hydrogen (secondary N) is 1. The summed E-state index contributed by atoms with van der Waals surface area (Å²) in [5, 5.41) is 3.34. The van der Waals surface area contributed by atoms with E-state index in [4.69, 9.17) is 11.2 Å². The van der Waals surface area contributed by atoms with Crippen LogP contribution in [-0.4, -0.2) is 16.6 Å². The van der Waals surface area contributed by atoms with Crippen LogP contribution in [0, 0.1) is 19.3 Å². The van der Waals surface area contributed by atoms with Gasteiger partial charge in [-0.3, -0.25) is 0 Å². The topological polar surface area (TPSA) is 47.0 Å². The smallest absolute Gasteiger partial charge is 0.148 e. The largest absolute Gasteiger partial charge is 0.481 e. The van der Waals surface area contributed by atoms with E-state index in [0.29, 0.717) is 13.1 Å². The minimum atomic E-state index is 0.280. The first-order valence-corrected chi connectivity index (χ1v) is 6.43. The van der Waals surface area contributed by atoms with Crippen molar-refractivity contribution in [2.45, 2.75) is 20.0 Å². The van der Waals surface area contributed by atoms with Crippen LogP contribution in [0.2, 0.25) is 0 Å². The average molecular weight is 267 g/mol. The molecule has 1 aromatic heterocycles. The molecule has 1 aromatic carbocycles. The van der Waals surface area contributed by atoms with E-state index in [0.717, 1.165) is 22.8 Å². The molecule has 1 N–H and O–H groups in total. The van der Waals surface area contributed by atoms with Gasteiger partial charge in [0.15, 0.2) is 0 Å². The van der Waals surface area contributed by atoms with Gasteiger partial charge in [0.25, 0.3) is 0 Å². The Morgan fingerprint density at radius 3 is 2.90 bits per heavy atom. The number of hydrogen-bond donors (Lipinski definition) is 1. The summed E-state index contributed by atoms with van der Waals surface area (Å²) in [6.07, 6.45) is 6.98. The summed E-state index contributed by atoms with van der Waals surface area (Å²) in [6, 6.07) is 9.76. The van der Waals surface area contributed by atoms with Crippen molar-refractivity contribution in [1.82, 2.24) is 15.3 Å². The minimum Gasteiger partial charge on any atom is -0.481 e. The third-order valence-electron chi connectivity index (χ3n) is 2.74. The van der Waals surface area contributed by atoms with Crippen LogP contribution in [0.4, 0.5) is 0 Å². The highest BCUT2D eigenvalue weighted by Gasteiger charge is 2.02. The van der Waals surface area contributed by atoms with Gasteiger partial charge in [0.05, 0.1) is 5.69 Å². The first-order valence-electron chi connectivity index (χ1n) is 6.43. The van der Waals surface area contributed by atoms with Crippen molar-refractivity contribution in [2.24, 2.45) is 0 Å². The molecule has 0 aliphatic rings. The second-order valence-electron chi connectivity index (χ2n) is 4.30. The first-order chi connectivity index (χ1) is 9.79. The Morgan fingerprint density at radius 1 is 1.25 bits per heavy atom. The standard InChI is InChI=1S/C16H17N3O/c1-3-10-20-16-7-5-4-6-14(16)11-17-12-15-8-9-18-13(2)19-15/h1,4-9,17H,10-12H2,2H3. The molecule has 2 aromatic rings. The van der Waals surface area contributed by atoms with E-state index in [1.807, 2.05) is 37.3 Å². The number of para-hydroxylation sites is 1. The molecular weight excluding hydrogens is 250 g/mol. The predicted molar refractivity (Wildman–Crippen MR) is 78.1 cm³/mol. The quantitative estimate of drug-likeness (QED) is 0.814. The molecule has 0 radical (unpaired) electrons. The summed E-state index contributed by atoms with van der Waals surface area (Å²) in [7, 11) is 0. The summed E-state index contributed by atoms with van der Waals surface area (Å²) in [5.74, 6) is 4.07. The van der Waals surface area contributed by atoms with Crippen molar-refractivity contribution in [3.63, 3.8) is 0 Å². The Bertz CT molecular complexity index is 605. The van der Waals surface area contributed by atoms with Crippen molar-refractivity contribution in [2.75, 3.05) is 6.61 Å². The molecule has 102 valence electrons. The Morgan fingerprint density at radius 2 is 2.10 bits per heavy atom. The predicted octanol–water partition coefficient (Wildman–Crippen LogP) is 2.09. The van der Waals surface area contributed by atoms with E-state index in [-0.39, 0.29) is 6.61 Å². The van der Waals surface area contributed by atoms with Gasteiger partial charge in [-0.05, 0) is 19.1 Å². The number of hydrogen-bond acceptors (Lipinski definition) is 4. The molecule has 0 fully saturated rings. The molecule has 0 aliphatic heterocycles. The van der Waals surface area contributed by atoms with Crippen LogP contribution in [0.1, 0.15) is 17.1 Å². The van der Waals surface area contributed by atoms with E-state index < -0.39 is 0 Å². The van der Waals surface area contributed by atoms with Gasteiger partial charge in [-0.15, -0.1) is 6.42 Å². The molecule has 0 atom stereocenters. The molecule has 0 aliphatic carbocycles. The zero-order chi connectivity index (χ0) is 14.2. The van der Waals surface area contributed by atoms with Crippen LogP contribution in [0.5, 0.6) is 5.75 Å². The van der Waals surface area contributed by atoms with Gasteiger partial charge in [-0.2, -0.15) is 0 Å². The highest BCUT2D eigenvalue weighted by atomic mass is 16.5. The van der Waals surface area contributed by atoms with Crippen molar-refractivity contribution in [3.05, 3.63) is 53.6 Å². The van der Waals surface area contributed by atoms with Crippen molar-refractivity contribution in [3.8, 4) is 18.1 Å². The molecule has 2 rings (SSSR count). The fourth-order valence-electron chi connectivity index (χ4n) is 1.84. The summed E-state index contributed by atoms with van der Waals surface area (Å²) in [6.45, 7) is 3.55. The Balaban J connectivity index is 1.92. The van der Waals surface area contributed by atoms with Gasteiger partial charge in [0.1, 0.15) is 18.2 Å². The number of aromatic nitrogens is 2. The zero-order valence-corrected chi connectivity index (χ0v) is 11.5. The first kappa shape index (κ1) is 14.0. The van der Waals surface area contributed by atoms with Crippen LogP contribution < -0.4 is 10.1 Å². The zero-order valence-electron chi connectivity index (χ0n) is 11.5. The minimum absolute atomic E-state index is 0.280. The van der Waals surface area contributed by atoms with Crippen LogP contribution in [0.25, 0.3) is 0 Å². The number of ether oxygens (including phenoxy) is 1. The Kier molecular flexibility index (Phi) is 5.10. The van der Waals surface area contributed by atoms with Gasteiger partial charge >= 0.3 is 0 Å². The summed E-state index contributed by atoms with van der Waals surface area (Å²) in [5.41, 5.74) is 2.05. The normalized spacial score (nSPS) is 10.0. The third-order valence-corrected chi connectivity index (χ3v) is 2.74. The molecule has 0 unspecified atom stereocenters. The summed E-state index contributed by atoms with van der Waals surface area (Å²) < 4.78 is 5.51. The number of terminal acetylenes is 1. The lowest BCUT2D eigenvalue weighted by atomic mass is 10.2. The molecule has 0 amide bonds. The number of nitrogens with zero attached hydrogens (tertiary/aromatic N) is 2. The number of aryl methyl sites for hydroxylation is 1. The molecule has 1 heterocycles. The molecule has 0 bridgehead atoms. The van der Waals surface area contributed by atoms with Gasteiger partial charge in [-0.1, -0.05) is 24.1 Å². The maximum Gasteiger partial charge on any atom is 0.148 e. The van der Waals surface area contributed by atoms with Crippen molar-refractivity contribution >= 4 is 0 Å². The van der Waals surface area contributed by atoms with Gasteiger partial charge in [0.2, 0.25) is 0 Å². The maximum absolute atomic E-state index is 5.51. The van der Waals surface area contributed by atoms with Gasteiger partial charge in [-0.25, -0.2) is 9.97 Å². The van der Waals surface area contributed by atoms with Gasteiger partial charge in [0, 0.05) is 24.8 Å². The Labute approximate surface area is 119 Å². The van der Waals surface area contributed by atoms with Crippen LogP contribution in [0.15, 0.2) is 36.5 Å². The van der Waals surface area contributed by atoms with E-state index in [9.17, 15) is 0 Å². The van der Waals surface area contributed by atoms with E-state index in [1.54, 1.807) is 6.20 Å². The van der Waals surface area contributed by atoms with E-state index in [1.165, 1.54) is 0 Å². The lowest BCUT2D eigenvalue weighted by Gasteiger charge is -2.10. The summed E-state index contributed by atoms with van der Waals surface area (Å²) >= 11 is 0. The highest BCUT2D eigenvalue weighted by molar-refractivity contribution is 5.33. The second kappa shape index (κ2) is 7.27. The molecule has 4 heteroatoms. The molecule has 20 heavy (non-hydrogen) atoms. The third kappa shape index (κ3) is 4.08. The van der Waals surface area contributed by atoms with E-state index >= 15 is 0 Å². The second-order valence-corrected chi connectivity index (χ2v) is 4.30. The van der Waals surface area contributed by atoms with Crippen LogP contribution in [-0.2, 0) is 13.1 Å². The number of benzene rings is 1. The lowest BCUT2D eigenvalue weighted by Crippen LogP contribution is -2.15. The monoisotopic (exact) mass is 267 g/mol. The van der Waals surface area contributed by atoms with Crippen LogP contribution in [0.3, 0.4) is 0 Å². The molecule has 4 nitrogen and oxygen atoms in total. The van der Waals surface area contributed by atoms with E-state index in [2.05, 4.69) is 21.2 Å². The number of rotatable bonds is 6. The van der Waals surface area contributed by atoms with Crippen molar-refractivity contribution < 1.29 is 4.74 Å². The molecule has 0 saturated heterocycles. The fraction of sp³-hybridized carbons (Fsp3) is 0.250. The summed E-state index contributed by atoms with van der Waals surface area (Å²) in [4.78, 5) is 8.42. The SMILES string of the molecule is C#CCOc1ccccc1CNCc1ccnc(C)n1. The van der Waals surface area contributed by atoms with Gasteiger partial charge < -0.3 is 10.1 Å². The molecule has 0 saturated carbocycles. The average Bonchev–Trinajstić information content (AvgIpc) is 2.46. The molecular formula is C16H17N3O. The lowest BCUT2D eigenvalue weighted by molar-refractivity contribution is 0.364. The molecule has 0 spiro atoms. The fourth-order valence-corrected chi connectivity index (χ4v) is 1.84.